The second-order valence-electron chi connectivity index (χ2n) is 15.1. The Morgan fingerprint density at radius 2 is 0.673 bits per heavy atom. The molecule has 0 aromatic heterocycles. The molecule has 6 heteroatoms. The second-order valence-corrected chi connectivity index (χ2v) is 15.1. The van der Waals surface area contributed by atoms with E-state index >= 15 is 0 Å². The van der Waals surface area contributed by atoms with Crippen molar-refractivity contribution in [1.82, 2.24) is 0 Å². The summed E-state index contributed by atoms with van der Waals surface area (Å²) in [7, 11) is 0. The molecule has 0 saturated heterocycles. The maximum Gasteiger partial charge on any atom is 0.306 e. The molecular weight excluding hydrogens is 612 g/mol. The zero-order chi connectivity index (χ0) is 36.0. The monoisotopic (exact) mass is 695 g/mol. The Kier molecular flexibility index (Phi) is 36.4. The van der Waals surface area contributed by atoms with E-state index in [4.69, 9.17) is 14.2 Å². The first-order valence-electron chi connectivity index (χ1n) is 21.4. The molecule has 0 amide bonds. The molecule has 0 aliphatic rings. The lowest BCUT2D eigenvalue weighted by molar-refractivity contribution is -0.167. The molecule has 49 heavy (non-hydrogen) atoms. The van der Waals surface area contributed by atoms with Gasteiger partial charge in [-0.3, -0.25) is 14.4 Å². The number of rotatable bonds is 38. The van der Waals surface area contributed by atoms with Gasteiger partial charge in [0.25, 0.3) is 0 Å². The highest BCUT2D eigenvalue weighted by Gasteiger charge is 2.19. The maximum absolute atomic E-state index is 12.6. The number of hydrogen-bond donors (Lipinski definition) is 0. The summed E-state index contributed by atoms with van der Waals surface area (Å²) in [5.41, 5.74) is 0. The van der Waals surface area contributed by atoms with Gasteiger partial charge >= 0.3 is 17.9 Å². The molecule has 0 heterocycles. The fourth-order valence-corrected chi connectivity index (χ4v) is 6.27. The minimum atomic E-state index is -0.757. The van der Waals surface area contributed by atoms with E-state index in [1.165, 1.54) is 128 Å². The van der Waals surface area contributed by atoms with Crippen molar-refractivity contribution in [3.8, 4) is 0 Å². The van der Waals surface area contributed by atoms with Crippen LogP contribution in [-0.4, -0.2) is 37.2 Å². The van der Waals surface area contributed by atoms with Crippen LogP contribution in [0, 0.1) is 5.92 Å². The van der Waals surface area contributed by atoms with Crippen LogP contribution in [0.25, 0.3) is 0 Å². The van der Waals surface area contributed by atoms with Gasteiger partial charge in [0.15, 0.2) is 6.10 Å². The quantitative estimate of drug-likeness (QED) is 0.0364. The van der Waals surface area contributed by atoms with Gasteiger partial charge in [-0.15, -0.1) is 0 Å². The molecule has 0 N–H and O–H groups in total. The van der Waals surface area contributed by atoms with Crippen LogP contribution in [-0.2, 0) is 28.6 Å². The SMILES string of the molecule is CCCCCCCCCCCCCCC(=O)OC[C@H](COC(=O)CCCCCCCCC)OC(=O)CCCCCCCCCCCC(C)C. The van der Waals surface area contributed by atoms with E-state index in [9.17, 15) is 14.4 Å². The van der Waals surface area contributed by atoms with Gasteiger partial charge in [-0.2, -0.15) is 0 Å². The number of carbonyl (C=O) groups is 3. The van der Waals surface area contributed by atoms with Gasteiger partial charge in [-0.05, 0) is 25.2 Å². The van der Waals surface area contributed by atoms with Gasteiger partial charge in [0.1, 0.15) is 13.2 Å². The summed E-state index contributed by atoms with van der Waals surface area (Å²) in [6, 6.07) is 0. The van der Waals surface area contributed by atoms with Crippen molar-refractivity contribution in [3.63, 3.8) is 0 Å². The normalized spacial score (nSPS) is 11.9. The van der Waals surface area contributed by atoms with Crippen molar-refractivity contribution in [2.75, 3.05) is 13.2 Å². The highest BCUT2D eigenvalue weighted by Crippen LogP contribution is 2.15. The number of unbranched alkanes of at least 4 members (excludes halogenated alkanes) is 25. The molecule has 0 fully saturated rings. The van der Waals surface area contributed by atoms with Crippen LogP contribution in [0.5, 0.6) is 0 Å². The van der Waals surface area contributed by atoms with E-state index in [0.717, 1.165) is 63.7 Å². The first kappa shape index (κ1) is 47.4. The average Bonchev–Trinajstić information content (AvgIpc) is 3.08. The van der Waals surface area contributed by atoms with Crippen molar-refractivity contribution in [3.05, 3.63) is 0 Å². The fourth-order valence-electron chi connectivity index (χ4n) is 6.27. The fraction of sp³-hybridized carbons (Fsp3) is 0.930. The number of ether oxygens (including phenoxy) is 3. The predicted octanol–water partition coefficient (Wildman–Crippen LogP) is 13.2. The van der Waals surface area contributed by atoms with Gasteiger partial charge < -0.3 is 14.2 Å². The Balaban J connectivity index is 4.30. The zero-order valence-electron chi connectivity index (χ0n) is 33.1. The summed E-state index contributed by atoms with van der Waals surface area (Å²) in [5.74, 6) is -0.0595. The molecule has 0 rings (SSSR count). The molecule has 0 aliphatic carbocycles. The second kappa shape index (κ2) is 37.7. The van der Waals surface area contributed by atoms with E-state index in [2.05, 4.69) is 27.7 Å². The van der Waals surface area contributed by atoms with E-state index in [0.29, 0.717) is 19.3 Å². The number of hydrogen-bond acceptors (Lipinski definition) is 6. The van der Waals surface area contributed by atoms with Gasteiger partial charge in [-0.25, -0.2) is 0 Å². The molecule has 0 aliphatic heterocycles. The Morgan fingerprint density at radius 3 is 1.00 bits per heavy atom. The highest BCUT2D eigenvalue weighted by molar-refractivity contribution is 5.71. The van der Waals surface area contributed by atoms with Crippen molar-refractivity contribution in [2.24, 2.45) is 5.92 Å². The Bertz CT molecular complexity index is 736. The summed E-state index contributed by atoms with van der Waals surface area (Å²) < 4.78 is 16.6. The molecular formula is C43H82O6. The van der Waals surface area contributed by atoms with Gasteiger partial charge in [0, 0.05) is 19.3 Å². The average molecular weight is 695 g/mol. The van der Waals surface area contributed by atoms with Crippen molar-refractivity contribution >= 4 is 17.9 Å². The van der Waals surface area contributed by atoms with Crippen LogP contribution < -0.4 is 0 Å². The third kappa shape index (κ3) is 37.5. The Labute approximate surface area is 304 Å². The van der Waals surface area contributed by atoms with Crippen LogP contribution in [0.3, 0.4) is 0 Å². The third-order valence-corrected chi connectivity index (χ3v) is 9.54. The minimum absolute atomic E-state index is 0.0648. The van der Waals surface area contributed by atoms with Crippen LogP contribution in [0.15, 0.2) is 0 Å². The largest absolute Gasteiger partial charge is 0.462 e. The summed E-state index contributed by atoms with van der Waals surface area (Å²) in [5, 5.41) is 0. The van der Waals surface area contributed by atoms with E-state index in [1.54, 1.807) is 0 Å². The van der Waals surface area contributed by atoms with Crippen LogP contribution in [0.2, 0.25) is 0 Å². The number of carbonyl (C=O) groups excluding carboxylic acids is 3. The van der Waals surface area contributed by atoms with E-state index in [-0.39, 0.29) is 31.1 Å². The summed E-state index contributed by atoms with van der Waals surface area (Å²) in [6.45, 7) is 8.92. The molecule has 0 aromatic rings. The van der Waals surface area contributed by atoms with E-state index < -0.39 is 6.10 Å². The minimum Gasteiger partial charge on any atom is -0.462 e. The van der Waals surface area contributed by atoms with Gasteiger partial charge in [0.05, 0.1) is 0 Å². The first-order chi connectivity index (χ1) is 23.9. The molecule has 1 atom stereocenters. The molecule has 0 radical (unpaired) electrons. The lowest BCUT2D eigenvalue weighted by Gasteiger charge is -2.18. The summed E-state index contributed by atoms with van der Waals surface area (Å²) in [4.78, 5) is 37.5. The van der Waals surface area contributed by atoms with Gasteiger partial charge in [-0.1, -0.05) is 195 Å². The summed E-state index contributed by atoms with van der Waals surface area (Å²) >= 11 is 0. The van der Waals surface area contributed by atoms with Crippen LogP contribution in [0.1, 0.15) is 233 Å². The molecule has 0 saturated carbocycles. The smallest absolute Gasteiger partial charge is 0.306 e. The lowest BCUT2D eigenvalue weighted by atomic mass is 10.0. The Hall–Kier alpha value is -1.59. The lowest BCUT2D eigenvalue weighted by Crippen LogP contribution is -2.30. The molecule has 0 spiro atoms. The number of esters is 3. The molecule has 0 bridgehead atoms. The van der Waals surface area contributed by atoms with Crippen LogP contribution in [0.4, 0.5) is 0 Å². The molecule has 290 valence electrons. The summed E-state index contributed by atoms with van der Waals surface area (Å²) in [6.07, 6.45) is 35.2. The van der Waals surface area contributed by atoms with E-state index in [1.807, 2.05) is 0 Å². The maximum atomic E-state index is 12.6. The van der Waals surface area contributed by atoms with Crippen LogP contribution >= 0.6 is 0 Å². The van der Waals surface area contributed by atoms with Crippen molar-refractivity contribution in [2.45, 2.75) is 239 Å². The first-order valence-corrected chi connectivity index (χ1v) is 21.4. The third-order valence-electron chi connectivity index (χ3n) is 9.54. The molecule has 0 unspecified atom stereocenters. The Morgan fingerprint density at radius 1 is 0.388 bits per heavy atom. The predicted molar refractivity (Wildman–Crippen MR) is 206 cm³/mol. The standard InChI is InChI=1S/C43H82O6/c1-5-7-9-11-13-14-15-16-19-23-27-31-35-42(45)48-38-40(37-47-41(44)34-30-26-21-12-10-8-6-2)49-43(46)36-32-28-24-20-17-18-22-25-29-33-39(3)4/h39-40H,5-38H2,1-4H3/t40-/m0/s1. The molecule has 6 nitrogen and oxygen atoms in total. The van der Waals surface area contributed by atoms with Crippen molar-refractivity contribution < 1.29 is 28.6 Å². The molecule has 0 aromatic carbocycles. The highest BCUT2D eigenvalue weighted by atomic mass is 16.6. The van der Waals surface area contributed by atoms with Crippen molar-refractivity contribution in [1.29, 1.82) is 0 Å². The van der Waals surface area contributed by atoms with Gasteiger partial charge in [0.2, 0.25) is 0 Å². The zero-order valence-corrected chi connectivity index (χ0v) is 33.1. The topological polar surface area (TPSA) is 78.9 Å².